The number of likely N-dealkylation sites (tertiary alicyclic amines) is 1. The Morgan fingerprint density at radius 1 is 1.35 bits per heavy atom. The van der Waals surface area contributed by atoms with Gasteiger partial charge >= 0.3 is 0 Å². The van der Waals surface area contributed by atoms with Crippen molar-refractivity contribution in [2.24, 2.45) is 5.73 Å². The normalized spacial score (nSPS) is 24.6. The summed E-state index contributed by atoms with van der Waals surface area (Å²) in [6.45, 7) is 2.79. The largest absolute Gasteiger partial charge is 0.493 e. The van der Waals surface area contributed by atoms with Gasteiger partial charge in [-0.05, 0) is 44.0 Å². The molecule has 1 aromatic rings. The summed E-state index contributed by atoms with van der Waals surface area (Å²) in [4.78, 5) is 2.29. The molecule has 0 amide bonds. The van der Waals surface area contributed by atoms with Gasteiger partial charge in [-0.2, -0.15) is 0 Å². The SMILES string of the molecule is COc1ccc(C2(CN)CC2)cc1OC1CCN(C)C1. The topological polar surface area (TPSA) is 47.7 Å². The fraction of sp³-hybridized carbons (Fsp3) is 0.625. The molecule has 1 aliphatic carbocycles. The number of likely N-dealkylation sites (N-methyl/N-ethyl adjacent to an activating group) is 1. The lowest BCUT2D eigenvalue weighted by Gasteiger charge is -2.19. The number of ether oxygens (including phenoxy) is 2. The Labute approximate surface area is 120 Å². The van der Waals surface area contributed by atoms with Crippen molar-refractivity contribution in [3.8, 4) is 11.5 Å². The summed E-state index contributed by atoms with van der Waals surface area (Å²) in [6.07, 6.45) is 3.70. The highest BCUT2D eigenvalue weighted by Gasteiger charge is 2.43. The van der Waals surface area contributed by atoms with Crippen LogP contribution in [-0.4, -0.2) is 44.8 Å². The Hall–Kier alpha value is -1.26. The highest BCUT2D eigenvalue weighted by Crippen LogP contribution is 2.49. The Bertz CT molecular complexity index is 485. The first-order chi connectivity index (χ1) is 9.66. The molecule has 1 unspecified atom stereocenters. The highest BCUT2D eigenvalue weighted by molar-refractivity contribution is 5.47. The van der Waals surface area contributed by atoms with Crippen LogP contribution in [0, 0.1) is 0 Å². The first kappa shape index (κ1) is 13.7. The van der Waals surface area contributed by atoms with Crippen molar-refractivity contribution >= 4 is 0 Å². The van der Waals surface area contributed by atoms with Crippen LogP contribution in [0.2, 0.25) is 0 Å². The van der Waals surface area contributed by atoms with E-state index < -0.39 is 0 Å². The van der Waals surface area contributed by atoms with Crippen LogP contribution >= 0.6 is 0 Å². The van der Waals surface area contributed by atoms with Crippen LogP contribution < -0.4 is 15.2 Å². The average molecular weight is 276 g/mol. The van der Waals surface area contributed by atoms with Crippen molar-refractivity contribution in [3.05, 3.63) is 23.8 Å². The molecule has 0 radical (unpaired) electrons. The lowest BCUT2D eigenvalue weighted by Crippen LogP contribution is -2.22. The van der Waals surface area contributed by atoms with Crippen LogP contribution in [0.25, 0.3) is 0 Å². The van der Waals surface area contributed by atoms with Crippen LogP contribution in [0.4, 0.5) is 0 Å². The minimum absolute atomic E-state index is 0.191. The van der Waals surface area contributed by atoms with Crippen molar-refractivity contribution in [2.75, 3.05) is 33.8 Å². The molecule has 110 valence electrons. The number of rotatable bonds is 5. The van der Waals surface area contributed by atoms with E-state index in [0.717, 1.165) is 31.0 Å². The average Bonchev–Trinajstić information content (AvgIpc) is 3.17. The van der Waals surface area contributed by atoms with Gasteiger partial charge < -0.3 is 20.1 Å². The van der Waals surface area contributed by atoms with Gasteiger partial charge in [-0.15, -0.1) is 0 Å². The van der Waals surface area contributed by atoms with Crippen LogP contribution in [-0.2, 0) is 5.41 Å². The Kier molecular flexibility index (Phi) is 3.61. The third kappa shape index (κ3) is 2.50. The third-order valence-electron chi connectivity index (χ3n) is 4.66. The second-order valence-corrected chi connectivity index (χ2v) is 6.14. The molecule has 2 fully saturated rings. The van der Waals surface area contributed by atoms with Gasteiger partial charge in [-0.25, -0.2) is 0 Å². The molecular formula is C16H24N2O2. The van der Waals surface area contributed by atoms with Crippen molar-refractivity contribution in [2.45, 2.75) is 30.8 Å². The third-order valence-corrected chi connectivity index (χ3v) is 4.66. The zero-order valence-electron chi connectivity index (χ0n) is 12.4. The lowest BCUT2D eigenvalue weighted by molar-refractivity contribution is 0.199. The fourth-order valence-corrected chi connectivity index (χ4v) is 3.03. The molecule has 0 aromatic heterocycles. The molecule has 0 bridgehead atoms. The molecule has 1 aromatic carbocycles. The van der Waals surface area contributed by atoms with E-state index in [-0.39, 0.29) is 11.5 Å². The second-order valence-electron chi connectivity index (χ2n) is 6.14. The van der Waals surface area contributed by atoms with E-state index in [1.807, 2.05) is 6.07 Å². The quantitative estimate of drug-likeness (QED) is 0.890. The minimum atomic E-state index is 0.191. The van der Waals surface area contributed by atoms with Gasteiger partial charge in [0.25, 0.3) is 0 Å². The van der Waals surface area contributed by atoms with Gasteiger partial charge in [0, 0.05) is 25.0 Å². The molecule has 3 rings (SSSR count). The van der Waals surface area contributed by atoms with Crippen molar-refractivity contribution in [1.29, 1.82) is 0 Å². The van der Waals surface area contributed by atoms with Gasteiger partial charge in [0.2, 0.25) is 0 Å². The van der Waals surface area contributed by atoms with E-state index in [2.05, 4.69) is 24.1 Å². The smallest absolute Gasteiger partial charge is 0.161 e. The van der Waals surface area contributed by atoms with Gasteiger partial charge in [-0.3, -0.25) is 0 Å². The number of hydrogen-bond acceptors (Lipinski definition) is 4. The summed E-state index contributed by atoms with van der Waals surface area (Å²) in [5.41, 5.74) is 7.41. The molecule has 1 saturated heterocycles. The molecule has 4 nitrogen and oxygen atoms in total. The number of benzene rings is 1. The maximum atomic E-state index is 6.17. The first-order valence-corrected chi connectivity index (χ1v) is 7.41. The Morgan fingerprint density at radius 2 is 2.15 bits per heavy atom. The lowest BCUT2D eigenvalue weighted by atomic mass is 9.96. The van der Waals surface area contributed by atoms with Gasteiger partial charge in [0.1, 0.15) is 6.10 Å². The Balaban J connectivity index is 1.82. The number of hydrogen-bond donors (Lipinski definition) is 1. The van der Waals surface area contributed by atoms with Crippen molar-refractivity contribution in [1.82, 2.24) is 4.90 Å². The van der Waals surface area contributed by atoms with Crippen LogP contribution in [0.3, 0.4) is 0 Å². The Morgan fingerprint density at radius 3 is 2.70 bits per heavy atom. The molecule has 0 spiro atoms. The molecule has 2 N–H and O–H groups in total. The van der Waals surface area contributed by atoms with Crippen LogP contribution in [0.5, 0.6) is 11.5 Å². The molecule has 1 heterocycles. The van der Waals surface area contributed by atoms with E-state index >= 15 is 0 Å². The molecule has 4 heteroatoms. The molecule has 1 saturated carbocycles. The zero-order valence-corrected chi connectivity index (χ0v) is 12.4. The van der Waals surface area contributed by atoms with E-state index in [1.165, 1.54) is 18.4 Å². The zero-order chi connectivity index (χ0) is 14.2. The second kappa shape index (κ2) is 5.26. The van der Waals surface area contributed by atoms with E-state index in [4.69, 9.17) is 15.2 Å². The summed E-state index contributed by atoms with van der Waals surface area (Å²) < 4.78 is 11.6. The molecule has 1 atom stereocenters. The summed E-state index contributed by atoms with van der Waals surface area (Å²) in [5.74, 6) is 1.68. The first-order valence-electron chi connectivity index (χ1n) is 7.41. The molecule has 1 aliphatic heterocycles. The van der Waals surface area contributed by atoms with E-state index in [1.54, 1.807) is 7.11 Å². The van der Waals surface area contributed by atoms with E-state index in [0.29, 0.717) is 6.54 Å². The van der Waals surface area contributed by atoms with Crippen LogP contribution in [0.15, 0.2) is 18.2 Å². The summed E-state index contributed by atoms with van der Waals surface area (Å²) in [6, 6.07) is 6.28. The van der Waals surface area contributed by atoms with E-state index in [9.17, 15) is 0 Å². The number of methoxy groups -OCH3 is 1. The minimum Gasteiger partial charge on any atom is -0.493 e. The fourth-order valence-electron chi connectivity index (χ4n) is 3.03. The maximum absolute atomic E-state index is 6.17. The van der Waals surface area contributed by atoms with Crippen molar-refractivity contribution in [3.63, 3.8) is 0 Å². The highest BCUT2D eigenvalue weighted by atomic mass is 16.5. The van der Waals surface area contributed by atoms with Gasteiger partial charge in [0.05, 0.1) is 7.11 Å². The number of nitrogens with zero attached hydrogens (tertiary/aromatic N) is 1. The molecule has 2 aliphatic rings. The van der Waals surface area contributed by atoms with Crippen LogP contribution in [0.1, 0.15) is 24.8 Å². The maximum Gasteiger partial charge on any atom is 0.161 e. The summed E-state index contributed by atoms with van der Waals surface area (Å²) >= 11 is 0. The van der Waals surface area contributed by atoms with Crippen molar-refractivity contribution < 1.29 is 9.47 Å². The molecule has 20 heavy (non-hydrogen) atoms. The summed E-state index contributed by atoms with van der Waals surface area (Å²) in [5, 5.41) is 0. The number of nitrogens with two attached hydrogens (primary N) is 1. The standard InChI is InChI=1S/C16H24N2O2/c1-18-8-5-13(10-18)20-15-9-12(3-4-14(15)19-2)16(11-17)6-7-16/h3-4,9,13H,5-8,10-11,17H2,1-2H3. The summed E-state index contributed by atoms with van der Waals surface area (Å²) in [7, 11) is 3.82. The van der Waals surface area contributed by atoms with Gasteiger partial charge in [0.15, 0.2) is 11.5 Å². The molecular weight excluding hydrogens is 252 g/mol. The predicted molar refractivity (Wildman–Crippen MR) is 79.5 cm³/mol. The van der Waals surface area contributed by atoms with Gasteiger partial charge in [-0.1, -0.05) is 6.07 Å². The predicted octanol–water partition coefficient (Wildman–Crippen LogP) is 1.77. The monoisotopic (exact) mass is 276 g/mol.